The fraction of sp³-hybridized carbons (Fsp3) is 0.250. The van der Waals surface area contributed by atoms with Crippen molar-refractivity contribution in [3.63, 3.8) is 0 Å². The Morgan fingerprint density at radius 1 is 1.15 bits per heavy atom. The van der Waals surface area contributed by atoms with Crippen molar-refractivity contribution in [1.82, 2.24) is 4.90 Å². The van der Waals surface area contributed by atoms with Crippen molar-refractivity contribution in [2.75, 3.05) is 25.1 Å². The molecule has 3 amide bonds. The summed E-state index contributed by atoms with van der Waals surface area (Å²) in [4.78, 5) is 31.1. The average Bonchev–Trinajstić information content (AvgIpc) is 2.84. The highest BCUT2D eigenvalue weighted by atomic mass is 16.5. The molecule has 2 aromatic carbocycles. The molecule has 0 spiro atoms. The Kier molecular flexibility index (Phi) is 4.60. The smallest absolute Gasteiger partial charge is 0.315 e. The third-order valence-corrected chi connectivity index (χ3v) is 4.84. The van der Waals surface area contributed by atoms with Crippen LogP contribution in [0, 0.1) is 0 Å². The summed E-state index contributed by atoms with van der Waals surface area (Å²) in [6.45, 7) is 0.944. The first-order valence-electron chi connectivity index (χ1n) is 8.82. The Bertz CT molecular complexity index is 897. The molecular weight excluding hydrogens is 344 g/mol. The summed E-state index contributed by atoms with van der Waals surface area (Å²) in [5.41, 5.74) is 8.65. The van der Waals surface area contributed by atoms with Crippen LogP contribution in [-0.2, 0) is 9.53 Å². The van der Waals surface area contributed by atoms with Crippen molar-refractivity contribution in [2.45, 2.75) is 12.1 Å². The van der Waals surface area contributed by atoms with E-state index in [1.54, 1.807) is 0 Å². The van der Waals surface area contributed by atoms with E-state index in [9.17, 15) is 9.59 Å². The maximum Gasteiger partial charge on any atom is 0.315 e. The van der Waals surface area contributed by atoms with Gasteiger partial charge in [0.25, 0.3) is 5.91 Å². The topological polar surface area (TPSA) is 97.0 Å². The standard InChI is InChI=1S/C20H20N4O3/c21-20(26)24-10-11-27-12-16(24)18-19(25)22-15-9-5-4-8-14(15)17(23-18)13-6-2-1-3-7-13/h1-9,16,18H,10-12H2,(H2,21,26)(H,22,25). The number of carbonyl (C=O) groups excluding carboxylic acids is 2. The largest absolute Gasteiger partial charge is 0.377 e. The lowest BCUT2D eigenvalue weighted by Gasteiger charge is -2.36. The summed E-state index contributed by atoms with van der Waals surface area (Å²) in [5.74, 6) is -0.282. The first-order valence-corrected chi connectivity index (χ1v) is 8.82. The first kappa shape index (κ1) is 17.2. The molecule has 0 bridgehead atoms. The van der Waals surface area contributed by atoms with Gasteiger partial charge in [-0.05, 0) is 6.07 Å². The molecule has 2 heterocycles. The summed E-state index contributed by atoms with van der Waals surface area (Å²) in [5, 5.41) is 2.94. The van der Waals surface area contributed by atoms with Gasteiger partial charge in [0.2, 0.25) is 0 Å². The van der Waals surface area contributed by atoms with E-state index >= 15 is 0 Å². The zero-order valence-corrected chi connectivity index (χ0v) is 14.7. The quantitative estimate of drug-likeness (QED) is 0.847. The molecule has 0 saturated carbocycles. The molecule has 7 nitrogen and oxygen atoms in total. The normalized spacial score (nSPS) is 22.3. The zero-order valence-electron chi connectivity index (χ0n) is 14.7. The van der Waals surface area contributed by atoms with Gasteiger partial charge in [0, 0.05) is 17.7 Å². The fourth-order valence-electron chi connectivity index (χ4n) is 3.52. The molecule has 1 fully saturated rings. The number of anilines is 1. The molecule has 27 heavy (non-hydrogen) atoms. The molecule has 1 saturated heterocycles. The van der Waals surface area contributed by atoms with Crippen molar-refractivity contribution in [2.24, 2.45) is 10.7 Å². The van der Waals surface area contributed by atoms with Crippen molar-refractivity contribution < 1.29 is 14.3 Å². The maximum atomic E-state index is 13.0. The minimum atomic E-state index is -0.819. The number of nitrogens with zero attached hydrogens (tertiary/aromatic N) is 2. The number of fused-ring (bicyclic) bond motifs is 1. The van der Waals surface area contributed by atoms with Crippen LogP contribution < -0.4 is 11.1 Å². The number of aliphatic imine (C=N–C) groups is 1. The molecule has 0 aromatic heterocycles. The first-order chi connectivity index (χ1) is 13.1. The second kappa shape index (κ2) is 7.20. The highest BCUT2D eigenvalue weighted by Gasteiger charge is 2.39. The van der Waals surface area contributed by atoms with Gasteiger partial charge in [0.15, 0.2) is 6.04 Å². The van der Waals surface area contributed by atoms with Crippen LogP contribution in [0.2, 0.25) is 0 Å². The molecule has 2 aromatic rings. The van der Waals surface area contributed by atoms with Crippen LogP contribution in [0.25, 0.3) is 0 Å². The molecule has 2 atom stereocenters. The third-order valence-electron chi connectivity index (χ3n) is 4.84. The molecule has 2 aliphatic heterocycles. The van der Waals surface area contributed by atoms with Crippen LogP contribution in [0.15, 0.2) is 59.6 Å². The Labute approximate surface area is 156 Å². The predicted octanol–water partition coefficient (Wildman–Crippen LogP) is 1.62. The summed E-state index contributed by atoms with van der Waals surface area (Å²) in [7, 11) is 0. The molecule has 2 aliphatic rings. The number of nitrogens with one attached hydrogen (secondary N) is 1. The van der Waals surface area contributed by atoms with Gasteiger partial charge in [-0.15, -0.1) is 0 Å². The number of urea groups is 1. The number of para-hydroxylation sites is 1. The van der Waals surface area contributed by atoms with Gasteiger partial charge in [-0.2, -0.15) is 0 Å². The zero-order chi connectivity index (χ0) is 18.8. The Morgan fingerprint density at radius 3 is 2.67 bits per heavy atom. The van der Waals surface area contributed by atoms with Crippen LogP contribution in [0.1, 0.15) is 11.1 Å². The molecule has 7 heteroatoms. The van der Waals surface area contributed by atoms with Gasteiger partial charge in [-0.1, -0.05) is 48.5 Å². The second-order valence-electron chi connectivity index (χ2n) is 6.50. The number of primary amides is 1. The van der Waals surface area contributed by atoms with Gasteiger partial charge >= 0.3 is 6.03 Å². The number of carbonyl (C=O) groups is 2. The second-order valence-corrected chi connectivity index (χ2v) is 6.50. The van der Waals surface area contributed by atoms with E-state index in [1.165, 1.54) is 4.90 Å². The number of ether oxygens (including phenoxy) is 1. The van der Waals surface area contributed by atoms with E-state index in [-0.39, 0.29) is 12.5 Å². The molecule has 0 aliphatic carbocycles. The van der Waals surface area contributed by atoms with Crippen molar-refractivity contribution >= 4 is 23.3 Å². The lowest BCUT2D eigenvalue weighted by atomic mass is 10.0. The SMILES string of the molecule is NC(=O)N1CCOCC1C1N=C(c2ccccc2)c2ccccc2NC1=O. The molecule has 0 radical (unpaired) electrons. The van der Waals surface area contributed by atoms with E-state index in [2.05, 4.69) is 5.32 Å². The van der Waals surface area contributed by atoms with Crippen molar-refractivity contribution in [3.05, 3.63) is 65.7 Å². The fourth-order valence-corrected chi connectivity index (χ4v) is 3.52. The van der Waals surface area contributed by atoms with E-state index in [1.807, 2.05) is 54.6 Å². The van der Waals surface area contributed by atoms with E-state index in [0.717, 1.165) is 11.1 Å². The number of hydrogen-bond acceptors (Lipinski definition) is 4. The number of nitrogens with two attached hydrogens (primary N) is 1. The van der Waals surface area contributed by atoms with E-state index in [4.69, 9.17) is 15.5 Å². The summed E-state index contributed by atoms with van der Waals surface area (Å²) in [6.07, 6.45) is 0. The predicted molar refractivity (Wildman–Crippen MR) is 102 cm³/mol. The number of amides is 3. The van der Waals surface area contributed by atoms with E-state index in [0.29, 0.717) is 24.6 Å². The number of hydrogen-bond donors (Lipinski definition) is 2. The van der Waals surface area contributed by atoms with Gasteiger partial charge in [-0.3, -0.25) is 9.79 Å². The molecule has 2 unspecified atom stereocenters. The molecule has 138 valence electrons. The number of benzene rings is 2. The van der Waals surface area contributed by atoms with Crippen LogP contribution >= 0.6 is 0 Å². The summed E-state index contributed by atoms with van der Waals surface area (Å²) in [6, 6.07) is 15.3. The lowest BCUT2D eigenvalue weighted by Crippen LogP contribution is -2.58. The van der Waals surface area contributed by atoms with Crippen molar-refractivity contribution in [1.29, 1.82) is 0 Å². The van der Waals surface area contributed by atoms with Gasteiger partial charge in [0.05, 0.1) is 30.7 Å². The van der Waals surface area contributed by atoms with Gasteiger partial charge < -0.3 is 20.7 Å². The maximum absolute atomic E-state index is 13.0. The molecular formula is C20H20N4O3. The molecule has 3 N–H and O–H groups in total. The number of benzodiazepines with no additional fused rings is 1. The number of morpholine rings is 1. The van der Waals surface area contributed by atoms with Crippen LogP contribution in [-0.4, -0.2) is 54.4 Å². The van der Waals surface area contributed by atoms with E-state index < -0.39 is 18.1 Å². The lowest BCUT2D eigenvalue weighted by molar-refractivity contribution is -0.120. The third kappa shape index (κ3) is 3.29. The Morgan fingerprint density at radius 2 is 1.89 bits per heavy atom. The highest BCUT2D eigenvalue weighted by molar-refractivity contribution is 6.19. The van der Waals surface area contributed by atoms with Crippen LogP contribution in [0.5, 0.6) is 0 Å². The summed E-state index contributed by atoms with van der Waals surface area (Å²) < 4.78 is 5.52. The minimum absolute atomic E-state index is 0.211. The minimum Gasteiger partial charge on any atom is -0.377 e. The van der Waals surface area contributed by atoms with Gasteiger partial charge in [-0.25, -0.2) is 4.79 Å². The van der Waals surface area contributed by atoms with Crippen molar-refractivity contribution in [3.8, 4) is 0 Å². The highest BCUT2D eigenvalue weighted by Crippen LogP contribution is 2.26. The summed E-state index contributed by atoms with van der Waals surface area (Å²) >= 11 is 0. The monoisotopic (exact) mass is 364 g/mol. The molecule has 4 rings (SSSR count). The Hall–Kier alpha value is -3.19. The van der Waals surface area contributed by atoms with Gasteiger partial charge in [0.1, 0.15) is 0 Å². The Balaban J connectivity index is 1.83. The van der Waals surface area contributed by atoms with Crippen LogP contribution in [0.3, 0.4) is 0 Å². The van der Waals surface area contributed by atoms with Crippen LogP contribution in [0.4, 0.5) is 10.5 Å². The number of rotatable bonds is 2. The average molecular weight is 364 g/mol.